The number of anilines is 6. The summed E-state index contributed by atoms with van der Waals surface area (Å²) in [6, 6.07) is 65.6. The lowest BCUT2D eigenvalue weighted by Crippen LogP contribution is -2.61. The Balaban J connectivity index is 1.09. The van der Waals surface area contributed by atoms with Crippen molar-refractivity contribution in [1.29, 1.82) is 10.5 Å². The van der Waals surface area contributed by atoms with E-state index < -0.39 is 0 Å². The molecule has 0 aromatic heterocycles. The van der Waals surface area contributed by atoms with Crippen LogP contribution in [0.2, 0.25) is 0 Å². The van der Waals surface area contributed by atoms with Crippen LogP contribution in [0.25, 0.3) is 33.4 Å². The highest BCUT2D eigenvalue weighted by molar-refractivity contribution is 7.00. The maximum Gasteiger partial charge on any atom is 0.252 e. The predicted octanol–water partition coefficient (Wildman–Crippen LogP) is 10.8. The number of hydrogen-bond donors (Lipinski definition) is 0. The van der Waals surface area contributed by atoms with Crippen LogP contribution < -0.4 is 35.7 Å². The van der Waals surface area contributed by atoms with E-state index in [4.69, 9.17) is 18.9 Å². The molecule has 9 heteroatoms. The van der Waals surface area contributed by atoms with Crippen molar-refractivity contribution in [3.05, 3.63) is 187 Å². The third-order valence-electron chi connectivity index (χ3n) is 12.8. The number of epoxide rings is 2. The fraction of sp³-hybridized carbons (Fsp3) is 0.107. The Bertz CT molecular complexity index is 3050. The number of hydrogen-bond acceptors (Lipinski definition) is 8. The molecule has 310 valence electrons. The monoisotopic (exact) mass is 842 g/mol. The minimum Gasteiger partial charge on any atom is -0.462 e. The molecule has 0 spiro atoms. The summed E-state index contributed by atoms with van der Waals surface area (Å²) >= 11 is 0. The van der Waals surface area contributed by atoms with E-state index in [0.29, 0.717) is 11.1 Å². The number of nitriles is 2. The van der Waals surface area contributed by atoms with E-state index in [9.17, 15) is 10.5 Å². The summed E-state index contributed by atoms with van der Waals surface area (Å²) in [7, 11) is 0. The van der Waals surface area contributed by atoms with Gasteiger partial charge in [-0.1, -0.05) is 84.9 Å². The van der Waals surface area contributed by atoms with E-state index in [1.807, 2.05) is 62.4 Å². The second-order valence-corrected chi connectivity index (χ2v) is 17.0. The fourth-order valence-corrected chi connectivity index (χ4v) is 9.45. The summed E-state index contributed by atoms with van der Waals surface area (Å²) in [5, 5.41) is 20.3. The summed E-state index contributed by atoms with van der Waals surface area (Å²) < 4.78 is 23.0. The SMILES string of the molecule is CC1OC1Oc1ccc(-c2ccc3c(c2)N(c2ccccc2)c2cc(-c4cc(C#N)cc(C#N)c4)cc4c2B3c2ccc(-c3ccc(OC5OC5C)cc3)cc2N4c2ccccc2)cc1. The van der Waals surface area contributed by atoms with E-state index >= 15 is 0 Å². The zero-order chi connectivity index (χ0) is 43.8. The molecule has 0 radical (unpaired) electrons. The maximum absolute atomic E-state index is 10.1. The topological polar surface area (TPSA) is 97.6 Å². The first-order chi connectivity index (χ1) is 31.9. The van der Waals surface area contributed by atoms with Crippen molar-refractivity contribution >= 4 is 57.2 Å². The molecule has 4 aliphatic heterocycles. The van der Waals surface area contributed by atoms with Crippen molar-refractivity contribution in [2.24, 2.45) is 0 Å². The molecule has 8 aromatic carbocycles. The minimum atomic E-state index is -0.202. The first-order valence-corrected chi connectivity index (χ1v) is 21.9. The van der Waals surface area contributed by atoms with Crippen LogP contribution in [0.5, 0.6) is 11.5 Å². The van der Waals surface area contributed by atoms with Crippen LogP contribution in [0.3, 0.4) is 0 Å². The second-order valence-electron chi connectivity index (χ2n) is 17.0. The van der Waals surface area contributed by atoms with Crippen molar-refractivity contribution in [2.45, 2.75) is 38.6 Å². The number of rotatable bonds is 9. The molecule has 4 aliphatic rings. The summed E-state index contributed by atoms with van der Waals surface area (Å²) in [4.78, 5) is 4.75. The predicted molar refractivity (Wildman–Crippen MR) is 256 cm³/mol. The Morgan fingerprint density at radius 1 is 0.446 bits per heavy atom. The zero-order valence-electron chi connectivity index (χ0n) is 35.6. The van der Waals surface area contributed by atoms with Gasteiger partial charge in [0.1, 0.15) is 23.7 Å². The lowest BCUT2D eigenvalue weighted by Gasteiger charge is -2.44. The van der Waals surface area contributed by atoms with Gasteiger partial charge in [0.05, 0.1) is 23.3 Å². The minimum absolute atomic E-state index is 0.0985. The molecule has 12 rings (SSSR count). The molecule has 8 aromatic rings. The Kier molecular flexibility index (Phi) is 9.10. The molecule has 4 atom stereocenters. The Labute approximate surface area is 377 Å². The molecule has 0 bridgehead atoms. The molecule has 4 unspecified atom stereocenters. The Morgan fingerprint density at radius 2 is 0.831 bits per heavy atom. The van der Waals surface area contributed by atoms with Crippen LogP contribution >= 0.6 is 0 Å². The van der Waals surface area contributed by atoms with Gasteiger partial charge in [0.15, 0.2) is 0 Å². The van der Waals surface area contributed by atoms with Gasteiger partial charge >= 0.3 is 0 Å². The van der Waals surface area contributed by atoms with E-state index in [1.165, 1.54) is 10.9 Å². The van der Waals surface area contributed by atoms with Crippen molar-refractivity contribution in [3.63, 3.8) is 0 Å². The van der Waals surface area contributed by atoms with Crippen LogP contribution in [0.15, 0.2) is 176 Å². The lowest BCUT2D eigenvalue weighted by atomic mass is 9.33. The molecule has 2 saturated heterocycles. The van der Waals surface area contributed by atoms with Gasteiger partial charge in [-0.25, -0.2) is 0 Å². The standard InChI is InChI=1S/C56H39BN4O4/c1-34-55(62-34)64-46-19-13-38(14-20-46)40-17-23-48-50(28-40)60(44-9-5-3-6-10-44)52-30-43(42-26-36(32-58)25-37(27-42)33-59)31-53-54(52)57(48)49-24-18-41(29-51(49)61(53)45-11-7-4-8-12-45)39-15-21-47(22-16-39)65-56-35(2)63-56/h3-31,34-35,55-56H,1-2H3. The van der Waals surface area contributed by atoms with E-state index in [-0.39, 0.29) is 31.5 Å². The largest absolute Gasteiger partial charge is 0.462 e. The fourth-order valence-electron chi connectivity index (χ4n) is 9.45. The second kappa shape index (κ2) is 15.3. The highest BCUT2D eigenvalue weighted by Gasteiger charge is 2.44. The Hall–Kier alpha value is -8.08. The number of benzene rings is 8. The van der Waals surface area contributed by atoms with Crippen molar-refractivity contribution in [2.75, 3.05) is 9.80 Å². The molecule has 8 nitrogen and oxygen atoms in total. The third-order valence-corrected chi connectivity index (χ3v) is 12.8. The first-order valence-electron chi connectivity index (χ1n) is 21.9. The smallest absolute Gasteiger partial charge is 0.252 e. The summed E-state index contributed by atoms with van der Waals surface area (Å²) in [5.74, 6) is 1.54. The van der Waals surface area contributed by atoms with Crippen LogP contribution in [-0.4, -0.2) is 31.5 Å². The molecule has 0 saturated carbocycles. The number of nitrogens with zero attached hydrogens (tertiary/aromatic N) is 4. The molecule has 65 heavy (non-hydrogen) atoms. The lowest BCUT2D eigenvalue weighted by molar-refractivity contribution is 0.178. The van der Waals surface area contributed by atoms with E-state index in [0.717, 1.165) is 84.5 Å². The Morgan fingerprint density at radius 3 is 1.23 bits per heavy atom. The van der Waals surface area contributed by atoms with Gasteiger partial charge in [-0.2, -0.15) is 10.5 Å². The van der Waals surface area contributed by atoms with Gasteiger partial charge in [-0.05, 0) is 155 Å². The van der Waals surface area contributed by atoms with Crippen LogP contribution in [0, 0.1) is 22.7 Å². The van der Waals surface area contributed by atoms with Crippen molar-refractivity contribution in [1.82, 2.24) is 0 Å². The van der Waals surface area contributed by atoms with E-state index in [1.54, 1.807) is 6.07 Å². The highest BCUT2D eigenvalue weighted by Crippen LogP contribution is 2.47. The zero-order valence-corrected chi connectivity index (χ0v) is 35.6. The molecular weight excluding hydrogens is 803 g/mol. The average molecular weight is 843 g/mol. The van der Waals surface area contributed by atoms with Crippen molar-refractivity contribution < 1.29 is 18.9 Å². The van der Waals surface area contributed by atoms with E-state index in [2.05, 4.69) is 143 Å². The molecule has 0 N–H and O–H groups in total. The van der Waals surface area contributed by atoms with Gasteiger partial charge < -0.3 is 28.7 Å². The number of fused-ring (bicyclic) bond motifs is 4. The van der Waals surface area contributed by atoms with Gasteiger partial charge in [0.25, 0.3) is 6.71 Å². The quantitative estimate of drug-likeness (QED) is 0.105. The number of para-hydroxylation sites is 2. The molecular formula is C56H39BN4O4. The van der Waals surface area contributed by atoms with Crippen LogP contribution in [-0.2, 0) is 9.47 Å². The third kappa shape index (κ3) is 6.86. The molecule has 0 aliphatic carbocycles. The summed E-state index contributed by atoms with van der Waals surface area (Å²) in [6.07, 6.45) is -0.207. The van der Waals surface area contributed by atoms with Gasteiger partial charge in [-0.15, -0.1) is 0 Å². The normalized spacial score (nSPS) is 18.4. The van der Waals surface area contributed by atoms with Gasteiger partial charge in [0, 0.05) is 34.1 Å². The first kappa shape index (κ1) is 38.6. The molecule has 2 fully saturated rings. The molecule has 4 heterocycles. The van der Waals surface area contributed by atoms with Gasteiger partial charge in [0.2, 0.25) is 12.6 Å². The summed E-state index contributed by atoms with van der Waals surface area (Å²) in [6.45, 7) is 3.87. The van der Waals surface area contributed by atoms with Crippen molar-refractivity contribution in [3.8, 4) is 57.0 Å². The van der Waals surface area contributed by atoms with Crippen LogP contribution in [0.4, 0.5) is 34.1 Å². The summed E-state index contributed by atoms with van der Waals surface area (Å²) in [5.41, 5.74) is 16.5. The highest BCUT2D eigenvalue weighted by atomic mass is 16.8. The number of ether oxygens (including phenoxy) is 4. The maximum atomic E-state index is 10.1. The molecule has 0 amide bonds. The van der Waals surface area contributed by atoms with Crippen LogP contribution in [0.1, 0.15) is 25.0 Å². The van der Waals surface area contributed by atoms with Gasteiger partial charge in [-0.3, -0.25) is 0 Å². The average Bonchev–Trinajstić information content (AvgIpc) is 4.27.